The highest BCUT2D eigenvalue weighted by atomic mass is 16.5. The number of ether oxygens (including phenoxy) is 2. The van der Waals surface area contributed by atoms with Crippen molar-refractivity contribution in [2.24, 2.45) is 5.73 Å². The Morgan fingerprint density at radius 2 is 1.91 bits per heavy atom. The molecule has 238 valence electrons. The predicted octanol–water partition coefficient (Wildman–Crippen LogP) is 4.36. The van der Waals surface area contributed by atoms with E-state index in [9.17, 15) is 14.4 Å². The summed E-state index contributed by atoms with van der Waals surface area (Å²) in [5.74, 6) is 0.908. The fraction of sp³-hybridized carbons (Fsp3) is 0.412. The minimum Gasteiger partial charge on any atom is -0.462 e. The van der Waals surface area contributed by atoms with Crippen LogP contribution in [0, 0.1) is 0 Å². The second-order valence-electron chi connectivity index (χ2n) is 11.3. The molecular weight excluding hydrogens is 574 g/mol. The summed E-state index contributed by atoms with van der Waals surface area (Å²) in [5.41, 5.74) is 9.51. The molecule has 3 heterocycles. The summed E-state index contributed by atoms with van der Waals surface area (Å²) < 4.78 is 18.3. The molecule has 2 aromatic carbocycles. The molecule has 11 nitrogen and oxygen atoms in total. The number of methoxy groups -OCH3 is 1. The lowest BCUT2D eigenvalue weighted by molar-refractivity contribution is -0.132. The van der Waals surface area contributed by atoms with Crippen molar-refractivity contribution in [2.45, 2.75) is 51.1 Å². The van der Waals surface area contributed by atoms with Crippen LogP contribution in [0.2, 0.25) is 0 Å². The van der Waals surface area contributed by atoms with E-state index in [0.29, 0.717) is 37.6 Å². The molecule has 45 heavy (non-hydrogen) atoms. The fourth-order valence-electron chi connectivity index (χ4n) is 5.76. The number of piperidine rings is 1. The van der Waals surface area contributed by atoms with Gasteiger partial charge in [-0.25, -0.2) is 9.78 Å². The van der Waals surface area contributed by atoms with Crippen molar-refractivity contribution in [2.75, 3.05) is 40.0 Å². The maximum atomic E-state index is 13.3. The average molecular weight is 616 g/mol. The van der Waals surface area contributed by atoms with Gasteiger partial charge in [0.25, 0.3) is 5.91 Å². The number of fused-ring (bicyclic) bond motifs is 1. The number of carbonyl (C=O) groups excluding carboxylic acids is 3. The van der Waals surface area contributed by atoms with Crippen molar-refractivity contribution in [3.63, 3.8) is 0 Å². The van der Waals surface area contributed by atoms with Crippen LogP contribution in [0.1, 0.15) is 65.3 Å². The molecule has 0 spiro atoms. The SMILES string of the molecule is CCOC(=O)c1ccc(-c2ccc(C(=O)NC[C@@H](N)CC(=O)N3CCC[C@@H](c4nc5ccccc5n4CCCOC)C3)o2)cc1. The Hall–Kier alpha value is -4.48. The molecule has 0 radical (unpaired) electrons. The molecule has 2 aromatic heterocycles. The van der Waals surface area contributed by atoms with Gasteiger partial charge in [0.2, 0.25) is 5.91 Å². The second kappa shape index (κ2) is 15.0. The Morgan fingerprint density at radius 3 is 2.69 bits per heavy atom. The van der Waals surface area contributed by atoms with E-state index in [2.05, 4.69) is 16.0 Å². The Kier molecular flexibility index (Phi) is 10.6. The van der Waals surface area contributed by atoms with Crippen LogP contribution in [-0.2, 0) is 20.8 Å². The molecule has 11 heteroatoms. The van der Waals surface area contributed by atoms with E-state index in [1.54, 1.807) is 50.4 Å². The predicted molar refractivity (Wildman–Crippen MR) is 170 cm³/mol. The van der Waals surface area contributed by atoms with E-state index in [4.69, 9.17) is 24.6 Å². The molecule has 4 aromatic rings. The number of benzene rings is 2. The number of aromatic nitrogens is 2. The zero-order chi connectivity index (χ0) is 31.8. The van der Waals surface area contributed by atoms with Gasteiger partial charge in [0, 0.05) is 63.8 Å². The lowest BCUT2D eigenvalue weighted by atomic mass is 9.96. The summed E-state index contributed by atoms with van der Waals surface area (Å²) in [4.78, 5) is 44.8. The number of hydrogen-bond acceptors (Lipinski definition) is 8. The molecule has 2 amide bonds. The van der Waals surface area contributed by atoms with E-state index in [1.807, 2.05) is 23.1 Å². The van der Waals surface area contributed by atoms with Gasteiger partial charge in [-0.1, -0.05) is 24.3 Å². The number of likely N-dealkylation sites (tertiary alicyclic amines) is 1. The van der Waals surface area contributed by atoms with Gasteiger partial charge in [0.05, 0.1) is 23.2 Å². The molecule has 0 aliphatic carbocycles. The highest BCUT2D eigenvalue weighted by Crippen LogP contribution is 2.30. The van der Waals surface area contributed by atoms with E-state index < -0.39 is 17.9 Å². The van der Waals surface area contributed by atoms with Crippen LogP contribution in [-0.4, -0.2) is 78.2 Å². The largest absolute Gasteiger partial charge is 0.462 e. The first-order valence-electron chi connectivity index (χ1n) is 15.5. The van der Waals surface area contributed by atoms with Gasteiger partial charge in [-0.3, -0.25) is 9.59 Å². The minimum atomic E-state index is -0.551. The molecule has 0 saturated carbocycles. The highest BCUT2D eigenvalue weighted by Gasteiger charge is 2.29. The van der Waals surface area contributed by atoms with Crippen molar-refractivity contribution in [3.8, 4) is 11.3 Å². The Bertz CT molecular complexity index is 1610. The molecule has 2 atom stereocenters. The first-order chi connectivity index (χ1) is 21.9. The second-order valence-corrected chi connectivity index (χ2v) is 11.3. The van der Waals surface area contributed by atoms with E-state index in [1.165, 1.54) is 0 Å². The number of nitrogens with two attached hydrogens (primary N) is 1. The van der Waals surface area contributed by atoms with Crippen LogP contribution >= 0.6 is 0 Å². The summed E-state index contributed by atoms with van der Waals surface area (Å²) in [6, 6.07) is 17.6. The van der Waals surface area contributed by atoms with Gasteiger partial charge >= 0.3 is 5.97 Å². The van der Waals surface area contributed by atoms with Gasteiger partial charge in [0.1, 0.15) is 11.6 Å². The summed E-state index contributed by atoms with van der Waals surface area (Å²) >= 11 is 0. The lowest BCUT2D eigenvalue weighted by Crippen LogP contribution is -2.45. The Balaban J connectivity index is 1.14. The molecule has 1 aliphatic heterocycles. The van der Waals surface area contributed by atoms with Crippen LogP contribution in [0.25, 0.3) is 22.4 Å². The van der Waals surface area contributed by atoms with Crippen molar-refractivity contribution < 1.29 is 28.3 Å². The number of carbonyl (C=O) groups is 3. The van der Waals surface area contributed by atoms with E-state index in [0.717, 1.165) is 48.2 Å². The normalized spacial score (nSPS) is 15.6. The van der Waals surface area contributed by atoms with Crippen LogP contribution in [0.4, 0.5) is 0 Å². The number of esters is 1. The number of nitrogens with zero attached hydrogens (tertiary/aromatic N) is 3. The topological polar surface area (TPSA) is 142 Å². The highest BCUT2D eigenvalue weighted by molar-refractivity contribution is 5.92. The van der Waals surface area contributed by atoms with Gasteiger partial charge in [-0.05, 0) is 62.6 Å². The number of rotatable bonds is 13. The smallest absolute Gasteiger partial charge is 0.338 e. The summed E-state index contributed by atoms with van der Waals surface area (Å²) in [5, 5.41) is 2.78. The maximum Gasteiger partial charge on any atom is 0.338 e. The zero-order valence-electron chi connectivity index (χ0n) is 25.9. The van der Waals surface area contributed by atoms with Gasteiger partial charge < -0.3 is 34.4 Å². The number of imidazole rings is 1. The standard InChI is InChI=1S/C34H41N5O6/c1-3-44-34(42)24-13-11-23(12-14-24)29-15-16-30(45-29)33(41)36-21-26(35)20-31(40)38-17-6-8-25(22-38)32-37-27-9-4-5-10-28(27)39(32)18-7-19-43-2/h4-5,9-16,25-26H,3,6-8,17-22,35H2,1-2H3,(H,36,41)/t25-,26+/m1/s1. The number of amides is 2. The van der Waals surface area contributed by atoms with Crippen molar-refractivity contribution in [1.82, 2.24) is 19.8 Å². The van der Waals surface area contributed by atoms with Crippen molar-refractivity contribution >= 4 is 28.8 Å². The fourth-order valence-corrected chi connectivity index (χ4v) is 5.76. The zero-order valence-corrected chi connectivity index (χ0v) is 25.9. The van der Waals surface area contributed by atoms with Crippen molar-refractivity contribution in [3.05, 3.63) is 77.8 Å². The first-order valence-corrected chi connectivity index (χ1v) is 15.5. The molecule has 5 rings (SSSR count). The Morgan fingerprint density at radius 1 is 1.11 bits per heavy atom. The third kappa shape index (κ3) is 7.79. The van der Waals surface area contributed by atoms with Crippen molar-refractivity contribution in [1.29, 1.82) is 0 Å². The summed E-state index contributed by atoms with van der Waals surface area (Å²) in [7, 11) is 1.71. The Labute approximate surface area is 262 Å². The first kappa shape index (κ1) is 31.9. The number of aryl methyl sites for hydroxylation is 1. The van der Waals surface area contributed by atoms with Crippen LogP contribution in [0.5, 0.6) is 0 Å². The number of furan rings is 1. The maximum absolute atomic E-state index is 13.3. The minimum absolute atomic E-state index is 0.0324. The molecule has 0 bridgehead atoms. The summed E-state index contributed by atoms with van der Waals surface area (Å²) in [6.45, 7) is 4.91. The lowest BCUT2D eigenvalue weighted by Gasteiger charge is -2.33. The van der Waals surface area contributed by atoms with Crippen LogP contribution in [0.3, 0.4) is 0 Å². The number of hydrogen-bond donors (Lipinski definition) is 2. The van der Waals surface area contributed by atoms with E-state index in [-0.39, 0.29) is 30.6 Å². The number of nitrogens with one attached hydrogen (secondary N) is 1. The molecule has 1 aliphatic rings. The van der Waals surface area contributed by atoms with E-state index >= 15 is 0 Å². The quantitative estimate of drug-likeness (QED) is 0.167. The third-order valence-corrected chi connectivity index (χ3v) is 8.03. The third-order valence-electron chi connectivity index (χ3n) is 8.03. The molecule has 1 fully saturated rings. The van der Waals surface area contributed by atoms with Gasteiger partial charge in [-0.2, -0.15) is 0 Å². The molecule has 1 saturated heterocycles. The average Bonchev–Trinajstić information content (AvgIpc) is 3.70. The van der Waals surface area contributed by atoms with Crippen LogP contribution < -0.4 is 11.1 Å². The molecule has 0 unspecified atom stereocenters. The monoisotopic (exact) mass is 615 g/mol. The molecule has 3 N–H and O–H groups in total. The van der Waals surface area contributed by atoms with Gasteiger partial charge in [-0.15, -0.1) is 0 Å². The van der Waals surface area contributed by atoms with Gasteiger partial charge in [0.15, 0.2) is 5.76 Å². The summed E-state index contributed by atoms with van der Waals surface area (Å²) in [6.07, 6.45) is 2.84. The van der Waals surface area contributed by atoms with Crippen LogP contribution in [0.15, 0.2) is 65.1 Å². The molecular formula is C34H41N5O6. The number of para-hydroxylation sites is 2.